The molecule has 0 saturated heterocycles. The van der Waals surface area contributed by atoms with Crippen molar-refractivity contribution in [2.75, 3.05) is 19.8 Å². The molecule has 4 heteroatoms. The molecular weight excluding hydrogens is 520 g/mol. The number of esters is 1. The van der Waals surface area contributed by atoms with Crippen molar-refractivity contribution in [1.82, 2.24) is 0 Å². The standard InChI is InChI=1S/C38H74O4/c1-3-5-7-9-11-13-15-17-18-19-20-21-22-24-26-28-30-32-34-41-36-37(35-39)42-38(40)33-31-29-27-25-23-16-14-12-10-8-6-4-2/h12,14,37,39H,3-11,13,15-36H2,1-2H3/b14-12-. The number of aliphatic hydroxyl groups excluding tert-OH is 1. The summed E-state index contributed by atoms with van der Waals surface area (Å²) in [5, 5.41) is 9.54. The lowest BCUT2D eigenvalue weighted by Gasteiger charge is -2.15. The normalized spacial score (nSPS) is 12.4. The van der Waals surface area contributed by atoms with E-state index in [9.17, 15) is 9.90 Å². The van der Waals surface area contributed by atoms with Crippen molar-refractivity contribution in [3.8, 4) is 0 Å². The van der Waals surface area contributed by atoms with Crippen LogP contribution in [0.1, 0.15) is 200 Å². The van der Waals surface area contributed by atoms with Crippen molar-refractivity contribution in [1.29, 1.82) is 0 Å². The summed E-state index contributed by atoms with van der Waals surface area (Å²) in [6.45, 7) is 5.34. The molecule has 0 amide bonds. The van der Waals surface area contributed by atoms with Gasteiger partial charge in [0.05, 0.1) is 13.2 Å². The maximum Gasteiger partial charge on any atom is 0.306 e. The molecule has 0 aromatic rings. The number of unbranched alkanes of at least 4 members (excludes halogenated alkanes) is 25. The molecule has 0 aliphatic heterocycles. The Hall–Kier alpha value is -0.870. The Morgan fingerprint density at radius 1 is 0.548 bits per heavy atom. The Bertz CT molecular complexity index is 547. The van der Waals surface area contributed by atoms with Crippen LogP contribution in [-0.4, -0.2) is 37.0 Å². The predicted molar refractivity (Wildman–Crippen MR) is 182 cm³/mol. The zero-order chi connectivity index (χ0) is 30.6. The monoisotopic (exact) mass is 595 g/mol. The molecule has 0 rings (SSSR count). The van der Waals surface area contributed by atoms with E-state index in [1.54, 1.807) is 0 Å². The predicted octanol–water partition coefficient (Wildman–Crippen LogP) is 11.8. The fourth-order valence-electron chi connectivity index (χ4n) is 5.50. The summed E-state index contributed by atoms with van der Waals surface area (Å²) in [7, 11) is 0. The molecule has 42 heavy (non-hydrogen) atoms. The summed E-state index contributed by atoms with van der Waals surface area (Å²) in [4.78, 5) is 12.1. The Balaban J connectivity index is 3.38. The van der Waals surface area contributed by atoms with Crippen LogP contribution in [0.15, 0.2) is 12.2 Å². The molecule has 0 radical (unpaired) electrons. The molecule has 0 spiro atoms. The second-order valence-corrected chi connectivity index (χ2v) is 12.7. The quantitative estimate of drug-likeness (QED) is 0.0450. The second-order valence-electron chi connectivity index (χ2n) is 12.7. The van der Waals surface area contributed by atoms with Gasteiger partial charge >= 0.3 is 5.97 Å². The van der Waals surface area contributed by atoms with E-state index in [1.165, 1.54) is 161 Å². The molecule has 0 aromatic heterocycles. The van der Waals surface area contributed by atoms with Gasteiger partial charge in [-0.1, -0.05) is 167 Å². The molecule has 0 aliphatic rings. The largest absolute Gasteiger partial charge is 0.457 e. The lowest BCUT2D eigenvalue weighted by Crippen LogP contribution is -2.27. The van der Waals surface area contributed by atoms with Gasteiger partial charge in [-0.05, 0) is 38.5 Å². The molecule has 0 bridgehead atoms. The molecule has 250 valence electrons. The van der Waals surface area contributed by atoms with Crippen molar-refractivity contribution >= 4 is 5.97 Å². The van der Waals surface area contributed by atoms with Gasteiger partial charge in [0, 0.05) is 13.0 Å². The highest BCUT2D eigenvalue weighted by Crippen LogP contribution is 2.15. The molecule has 0 aromatic carbocycles. The molecular formula is C38H74O4. The topological polar surface area (TPSA) is 55.8 Å². The van der Waals surface area contributed by atoms with Gasteiger partial charge in [-0.15, -0.1) is 0 Å². The molecule has 1 N–H and O–H groups in total. The third-order valence-corrected chi connectivity index (χ3v) is 8.34. The van der Waals surface area contributed by atoms with Crippen molar-refractivity contribution in [3.63, 3.8) is 0 Å². The van der Waals surface area contributed by atoms with E-state index in [1.807, 2.05) is 0 Å². The Kier molecular flexibility index (Phi) is 35.6. The van der Waals surface area contributed by atoms with Crippen molar-refractivity contribution < 1.29 is 19.4 Å². The van der Waals surface area contributed by atoms with Gasteiger partial charge in [0.2, 0.25) is 0 Å². The highest BCUT2D eigenvalue weighted by molar-refractivity contribution is 5.69. The number of hydrogen-bond donors (Lipinski definition) is 1. The number of aliphatic hydroxyl groups is 1. The second kappa shape index (κ2) is 36.3. The van der Waals surface area contributed by atoms with Crippen molar-refractivity contribution in [2.45, 2.75) is 206 Å². The van der Waals surface area contributed by atoms with Gasteiger partial charge in [-0.2, -0.15) is 0 Å². The van der Waals surface area contributed by atoms with Gasteiger partial charge < -0.3 is 14.6 Å². The molecule has 1 atom stereocenters. The van der Waals surface area contributed by atoms with Crippen molar-refractivity contribution in [3.05, 3.63) is 12.2 Å². The number of carbonyl (C=O) groups excluding carboxylic acids is 1. The van der Waals surface area contributed by atoms with Gasteiger partial charge in [0.25, 0.3) is 0 Å². The van der Waals surface area contributed by atoms with Crippen LogP contribution in [0.5, 0.6) is 0 Å². The molecule has 4 nitrogen and oxygen atoms in total. The maximum absolute atomic E-state index is 12.1. The van der Waals surface area contributed by atoms with E-state index in [0.29, 0.717) is 19.6 Å². The number of allylic oxidation sites excluding steroid dienone is 2. The van der Waals surface area contributed by atoms with Crippen LogP contribution in [0, 0.1) is 0 Å². The van der Waals surface area contributed by atoms with Gasteiger partial charge in [0.15, 0.2) is 0 Å². The first-order valence-electron chi connectivity index (χ1n) is 18.8. The summed E-state index contributed by atoms with van der Waals surface area (Å²) in [6, 6.07) is 0. The fourth-order valence-corrected chi connectivity index (χ4v) is 5.50. The molecule has 1 unspecified atom stereocenters. The van der Waals surface area contributed by atoms with Crippen LogP contribution in [0.4, 0.5) is 0 Å². The van der Waals surface area contributed by atoms with Crippen molar-refractivity contribution in [2.24, 2.45) is 0 Å². The van der Waals surface area contributed by atoms with E-state index in [4.69, 9.17) is 9.47 Å². The number of carbonyl (C=O) groups is 1. The first-order chi connectivity index (χ1) is 20.7. The highest BCUT2D eigenvalue weighted by Gasteiger charge is 2.13. The number of ether oxygens (including phenoxy) is 2. The summed E-state index contributed by atoms with van der Waals surface area (Å²) in [5.74, 6) is -0.208. The Morgan fingerprint density at radius 3 is 1.40 bits per heavy atom. The van der Waals surface area contributed by atoms with E-state index < -0.39 is 6.10 Å². The van der Waals surface area contributed by atoms with E-state index in [-0.39, 0.29) is 12.6 Å². The Labute approximate surface area is 263 Å². The van der Waals surface area contributed by atoms with Crippen LogP contribution < -0.4 is 0 Å². The smallest absolute Gasteiger partial charge is 0.306 e. The third kappa shape index (κ3) is 33.6. The Morgan fingerprint density at radius 2 is 0.929 bits per heavy atom. The zero-order valence-corrected chi connectivity index (χ0v) is 28.5. The molecule has 0 saturated carbocycles. The van der Waals surface area contributed by atoms with Crippen LogP contribution in [0.25, 0.3) is 0 Å². The summed E-state index contributed by atoms with van der Waals surface area (Å²) in [5.41, 5.74) is 0. The maximum atomic E-state index is 12.1. The molecule has 0 heterocycles. The minimum absolute atomic E-state index is 0.170. The zero-order valence-electron chi connectivity index (χ0n) is 28.5. The first kappa shape index (κ1) is 41.1. The first-order valence-corrected chi connectivity index (χ1v) is 18.8. The summed E-state index contributed by atoms with van der Waals surface area (Å²) < 4.78 is 11.1. The number of hydrogen-bond acceptors (Lipinski definition) is 4. The van der Waals surface area contributed by atoms with Gasteiger partial charge in [0.1, 0.15) is 6.10 Å². The lowest BCUT2D eigenvalue weighted by atomic mass is 10.0. The third-order valence-electron chi connectivity index (χ3n) is 8.34. The van der Waals surface area contributed by atoms with Crippen LogP contribution in [0.2, 0.25) is 0 Å². The van der Waals surface area contributed by atoms with E-state index in [0.717, 1.165) is 19.3 Å². The SMILES string of the molecule is CCCCC/C=C\CCCCCCCC(=O)OC(CO)COCCCCCCCCCCCCCCCCCCCC. The molecule has 0 aliphatic carbocycles. The lowest BCUT2D eigenvalue weighted by molar-refractivity contribution is -0.154. The average molecular weight is 595 g/mol. The number of rotatable bonds is 35. The summed E-state index contributed by atoms with van der Waals surface area (Å²) >= 11 is 0. The van der Waals surface area contributed by atoms with E-state index in [2.05, 4.69) is 26.0 Å². The van der Waals surface area contributed by atoms with Gasteiger partial charge in [-0.25, -0.2) is 0 Å². The van der Waals surface area contributed by atoms with E-state index >= 15 is 0 Å². The van der Waals surface area contributed by atoms with Gasteiger partial charge in [-0.3, -0.25) is 4.79 Å². The van der Waals surface area contributed by atoms with Crippen LogP contribution in [-0.2, 0) is 14.3 Å². The van der Waals surface area contributed by atoms with Crippen LogP contribution in [0.3, 0.4) is 0 Å². The minimum Gasteiger partial charge on any atom is -0.457 e. The molecule has 0 fully saturated rings. The minimum atomic E-state index is -0.530. The fraction of sp³-hybridized carbons (Fsp3) is 0.921. The van der Waals surface area contributed by atoms with Crippen LogP contribution >= 0.6 is 0 Å². The average Bonchev–Trinajstić information content (AvgIpc) is 3.00. The highest BCUT2D eigenvalue weighted by atomic mass is 16.6. The summed E-state index contributed by atoms with van der Waals surface area (Å²) in [6.07, 6.45) is 41.1.